The number of ether oxygens (including phenoxy) is 1. The van der Waals surface area contributed by atoms with E-state index in [1.54, 1.807) is 13.3 Å². The molecule has 0 saturated carbocycles. The van der Waals surface area contributed by atoms with E-state index in [0.717, 1.165) is 42.4 Å². The number of aromatic nitrogens is 2. The second-order valence-electron chi connectivity index (χ2n) is 6.21. The summed E-state index contributed by atoms with van der Waals surface area (Å²) in [4.78, 5) is 15.6. The van der Waals surface area contributed by atoms with Gasteiger partial charge in [-0.15, -0.1) is 11.8 Å². The Bertz CT molecular complexity index is 711. The number of anilines is 1. The minimum Gasteiger partial charge on any atom is -0.497 e. The van der Waals surface area contributed by atoms with Crippen molar-refractivity contribution in [2.75, 3.05) is 38.3 Å². The van der Waals surface area contributed by atoms with E-state index in [2.05, 4.69) is 22.4 Å². The topological polar surface area (TPSA) is 59.4 Å². The highest BCUT2D eigenvalue weighted by Crippen LogP contribution is 2.26. The first kappa shape index (κ1) is 17.8. The number of carbonyl (C=O) groups excluding carboxylic acids is 1. The number of thioether (sulfide) groups is 1. The fraction of sp³-hybridized carbons (Fsp3) is 0.444. The third-order valence-corrected chi connectivity index (χ3v) is 5.38. The summed E-state index contributed by atoms with van der Waals surface area (Å²) >= 11 is 1.49. The van der Waals surface area contributed by atoms with Gasteiger partial charge in [-0.25, -0.2) is 4.68 Å². The molecule has 1 aliphatic rings. The third-order valence-electron chi connectivity index (χ3n) is 4.38. The van der Waals surface area contributed by atoms with Crippen LogP contribution in [0.1, 0.15) is 18.9 Å². The van der Waals surface area contributed by atoms with Crippen molar-refractivity contribution in [3.63, 3.8) is 0 Å². The van der Waals surface area contributed by atoms with E-state index >= 15 is 0 Å². The molecule has 1 amide bonds. The molecule has 0 atom stereocenters. The third kappa shape index (κ3) is 4.76. The van der Waals surface area contributed by atoms with Gasteiger partial charge in [-0.05, 0) is 51.2 Å². The molecule has 0 radical (unpaired) electrons. The molecule has 0 bridgehead atoms. The number of nitrogens with zero attached hydrogens (tertiary/aromatic N) is 3. The molecule has 6 nitrogen and oxygen atoms in total. The van der Waals surface area contributed by atoms with Crippen LogP contribution in [0.15, 0.2) is 41.4 Å². The maximum Gasteiger partial charge on any atom is 0.235 e. The number of hydrogen-bond donors (Lipinski definition) is 1. The van der Waals surface area contributed by atoms with Gasteiger partial charge >= 0.3 is 0 Å². The highest BCUT2D eigenvalue weighted by Gasteiger charge is 2.21. The molecule has 0 spiro atoms. The first-order chi connectivity index (χ1) is 12.2. The predicted octanol–water partition coefficient (Wildman–Crippen LogP) is 2.89. The molecule has 0 unspecified atom stereocenters. The minimum absolute atomic E-state index is 0.0255. The number of piperidine rings is 1. The first-order valence-electron chi connectivity index (χ1n) is 8.44. The molecule has 2 heterocycles. The van der Waals surface area contributed by atoms with Gasteiger partial charge in [0.05, 0.1) is 25.1 Å². The van der Waals surface area contributed by atoms with Crippen molar-refractivity contribution in [1.29, 1.82) is 0 Å². The van der Waals surface area contributed by atoms with Gasteiger partial charge in [0.1, 0.15) is 11.6 Å². The molecule has 1 aromatic heterocycles. The Balaban J connectivity index is 1.55. The smallest absolute Gasteiger partial charge is 0.235 e. The number of benzene rings is 1. The lowest BCUT2D eigenvalue weighted by molar-refractivity contribution is -0.113. The summed E-state index contributed by atoms with van der Waals surface area (Å²) in [5.41, 5.74) is 0. The molecule has 1 aromatic carbocycles. The molecule has 7 heteroatoms. The summed E-state index contributed by atoms with van der Waals surface area (Å²) in [6.45, 7) is 2.12. The van der Waals surface area contributed by atoms with Crippen LogP contribution in [-0.2, 0) is 4.79 Å². The van der Waals surface area contributed by atoms with E-state index < -0.39 is 0 Å². The maximum absolute atomic E-state index is 12.3. The highest BCUT2D eigenvalue weighted by molar-refractivity contribution is 8.00. The average molecular weight is 360 g/mol. The summed E-state index contributed by atoms with van der Waals surface area (Å²) in [6.07, 6.45) is 3.86. The number of amides is 1. The fourth-order valence-corrected chi connectivity index (χ4v) is 3.71. The lowest BCUT2D eigenvalue weighted by Gasteiger charge is -2.30. The molecule has 1 N–H and O–H groups in total. The zero-order valence-electron chi connectivity index (χ0n) is 14.6. The zero-order valence-corrected chi connectivity index (χ0v) is 15.5. The normalized spacial score (nSPS) is 15.9. The number of nitrogens with one attached hydrogen (secondary N) is 1. The molecule has 1 saturated heterocycles. The van der Waals surface area contributed by atoms with Gasteiger partial charge in [0, 0.05) is 11.0 Å². The molecule has 3 rings (SSSR count). The average Bonchev–Trinajstić information content (AvgIpc) is 3.09. The van der Waals surface area contributed by atoms with E-state index in [9.17, 15) is 4.79 Å². The van der Waals surface area contributed by atoms with Crippen molar-refractivity contribution in [2.45, 2.75) is 23.8 Å². The Morgan fingerprint density at radius 1 is 1.36 bits per heavy atom. The Labute approximate surface area is 152 Å². The van der Waals surface area contributed by atoms with E-state index in [4.69, 9.17) is 4.74 Å². The molecular formula is C18H24N4O2S. The van der Waals surface area contributed by atoms with Gasteiger partial charge in [0.2, 0.25) is 5.91 Å². The van der Waals surface area contributed by atoms with E-state index in [1.807, 2.05) is 35.0 Å². The van der Waals surface area contributed by atoms with Crippen LogP contribution in [0.2, 0.25) is 0 Å². The number of hydrogen-bond acceptors (Lipinski definition) is 5. The summed E-state index contributed by atoms with van der Waals surface area (Å²) < 4.78 is 7.17. The number of methoxy groups -OCH3 is 1. The SMILES string of the molecule is COc1cccc(SCC(=O)Nc2ccnn2C2CCN(C)CC2)c1. The van der Waals surface area contributed by atoms with E-state index in [-0.39, 0.29) is 5.91 Å². The van der Waals surface area contributed by atoms with Crippen molar-refractivity contribution >= 4 is 23.5 Å². The van der Waals surface area contributed by atoms with Gasteiger partial charge in [0.25, 0.3) is 0 Å². The Morgan fingerprint density at radius 3 is 2.92 bits per heavy atom. The van der Waals surface area contributed by atoms with Crippen LogP contribution in [0.25, 0.3) is 0 Å². The summed E-state index contributed by atoms with van der Waals surface area (Å²) in [7, 11) is 3.78. The summed E-state index contributed by atoms with van der Waals surface area (Å²) in [6, 6.07) is 9.95. The Hall–Kier alpha value is -1.99. The molecule has 0 aliphatic carbocycles. The molecule has 1 fully saturated rings. The van der Waals surface area contributed by atoms with Crippen molar-refractivity contribution in [3.05, 3.63) is 36.5 Å². The largest absolute Gasteiger partial charge is 0.497 e. The van der Waals surface area contributed by atoms with Crippen LogP contribution in [0.3, 0.4) is 0 Å². The lowest BCUT2D eigenvalue weighted by atomic mass is 10.1. The van der Waals surface area contributed by atoms with Gasteiger partial charge in [-0.2, -0.15) is 5.10 Å². The van der Waals surface area contributed by atoms with Crippen LogP contribution in [0.5, 0.6) is 5.75 Å². The van der Waals surface area contributed by atoms with E-state index in [1.165, 1.54) is 11.8 Å². The molecule has 134 valence electrons. The van der Waals surface area contributed by atoms with Crippen LogP contribution >= 0.6 is 11.8 Å². The number of rotatable bonds is 6. The fourth-order valence-electron chi connectivity index (χ4n) is 2.96. The standard InChI is InChI=1S/C18H24N4O2S/c1-21-10-7-14(8-11-21)22-17(6-9-19-22)20-18(23)13-25-16-5-3-4-15(12-16)24-2/h3-6,9,12,14H,7-8,10-11,13H2,1-2H3,(H,20,23). The van der Waals surface area contributed by atoms with Gasteiger partial charge in [0.15, 0.2) is 0 Å². The number of carbonyl (C=O) groups is 1. The molecule has 25 heavy (non-hydrogen) atoms. The van der Waals surface area contributed by atoms with Crippen LogP contribution < -0.4 is 10.1 Å². The molecule has 2 aromatic rings. The lowest BCUT2D eigenvalue weighted by Crippen LogP contribution is -2.32. The van der Waals surface area contributed by atoms with Gasteiger partial charge in [-0.1, -0.05) is 6.07 Å². The molecule has 1 aliphatic heterocycles. The molecular weight excluding hydrogens is 336 g/mol. The van der Waals surface area contributed by atoms with E-state index in [0.29, 0.717) is 11.8 Å². The Morgan fingerprint density at radius 2 is 2.16 bits per heavy atom. The van der Waals surface area contributed by atoms with Gasteiger partial charge in [-0.3, -0.25) is 4.79 Å². The van der Waals surface area contributed by atoms with Gasteiger partial charge < -0.3 is 15.0 Å². The first-order valence-corrected chi connectivity index (χ1v) is 9.43. The second kappa shape index (κ2) is 8.40. The highest BCUT2D eigenvalue weighted by atomic mass is 32.2. The predicted molar refractivity (Wildman–Crippen MR) is 100 cm³/mol. The van der Waals surface area contributed by atoms with Crippen LogP contribution in [0, 0.1) is 0 Å². The van der Waals surface area contributed by atoms with Crippen molar-refractivity contribution in [2.24, 2.45) is 0 Å². The quantitative estimate of drug-likeness (QED) is 0.803. The van der Waals surface area contributed by atoms with Crippen molar-refractivity contribution in [3.8, 4) is 5.75 Å². The Kier molecular flexibility index (Phi) is 5.99. The zero-order chi connectivity index (χ0) is 17.6. The maximum atomic E-state index is 12.3. The monoisotopic (exact) mass is 360 g/mol. The van der Waals surface area contributed by atoms with Crippen molar-refractivity contribution < 1.29 is 9.53 Å². The summed E-state index contributed by atoms with van der Waals surface area (Å²) in [5, 5.41) is 7.41. The minimum atomic E-state index is -0.0255. The second-order valence-corrected chi connectivity index (χ2v) is 7.26. The van der Waals surface area contributed by atoms with Crippen molar-refractivity contribution in [1.82, 2.24) is 14.7 Å². The number of likely N-dealkylation sites (tertiary alicyclic amines) is 1. The van der Waals surface area contributed by atoms with Crippen LogP contribution in [-0.4, -0.2) is 53.6 Å². The summed E-state index contributed by atoms with van der Waals surface area (Å²) in [5.74, 6) is 1.91. The van der Waals surface area contributed by atoms with Crippen LogP contribution in [0.4, 0.5) is 5.82 Å².